The van der Waals surface area contributed by atoms with Crippen LogP contribution in [0, 0.1) is 0 Å². The first-order valence-corrected chi connectivity index (χ1v) is 25.6. The summed E-state index contributed by atoms with van der Waals surface area (Å²) in [6, 6.07) is 92.7. The Morgan fingerprint density at radius 1 is 0.311 bits per heavy atom. The highest BCUT2D eigenvalue weighted by Crippen LogP contribution is 2.58. The lowest BCUT2D eigenvalue weighted by Gasteiger charge is -2.34. The van der Waals surface area contributed by atoms with Crippen molar-refractivity contribution < 1.29 is 8.83 Å². The van der Waals surface area contributed by atoms with Gasteiger partial charge in [-0.2, -0.15) is 0 Å². The smallest absolute Gasteiger partial charge is 0.159 e. The molecule has 0 fully saturated rings. The molecule has 4 heteroatoms. The first kappa shape index (κ1) is 42.3. The van der Waals surface area contributed by atoms with Crippen LogP contribution in [0.4, 0.5) is 34.1 Å². The van der Waals surface area contributed by atoms with Crippen LogP contribution in [-0.2, 0) is 10.8 Å². The van der Waals surface area contributed by atoms with Gasteiger partial charge in [-0.3, -0.25) is 0 Å². The van der Waals surface area contributed by atoms with E-state index in [1.54, 1.807) is 0 Å². The van der Waals surface area contributed by atoms with Crippen LogP contribution >= 0.6 is 0 Å². The van der Waals surface area contributed by atoms with Crippen LogP contribution in [0.1, 0.15) is 47.2 Å². The summed E-state index contributed by atoms with van der Waals surface area (Å²) in [5, 5.41) is 4.30. The summed E-state index contributed by atoms with van der Waals surface area (Å²) in [7, 11) is 0. The summed E-state index contributed by atoms with van der Waals surface area (Å²) in [4.78, 5) is 4.83. The standard InChI is InChI=1S/C70H48N2O2/c1-69(2)58-31-13-9-26-51(58)53-40-38-50(44-61(53)69)71(62-33-19-37-66-67(62)56-29-12-16-36-65(56)73-66)47-24-17-25-48(42-47)72(63-34-18-30-55-54-28-11-15-35-64(54)74-68(55)63)49-39-41-60-57(43-49)52-27-10-14-32-59(52)70(60,45-20-5-3-6-21-45)46-22-7-4-8-23-46/h3-44H,1-2H3. The van der Waals surface area contributed by atoms with Gasteiger partial charge in [0.15, 0.2) is 5.58 Å². The lowest BCUT2D eigenvalue weighted by atomic mass is 9.68. The largest absolute Gasteiger partial charge is 0.456 e. The molecule has 0 amide bonds. The Morgan fingerprint density at radius 2 is 0.811 bits per heavy atom. The fraction of sp³-hybridized carbons (Fsp3) is 0.0571. The van der Waals surface area contributed by atoms with Crippen molar-refractivity contribution in [1.82, 2.24) is 0 Å². The molecule has 15 rings (SSSR count). The van der Waals surface area contributed by atoms with Crippen LogP contribution in [0.3, 0.4) is 0 Å². The van der Waals surface area contributed by atoms with Crippen LogP contribution in [0.15, 0.2) is 264 Å². The molecule has 350 valence electrons. The van der Waals surface area contributed by atoms with E-state index >= 15 is 0 Å². The molecule has 0 bridgehead atoms. The average molecular weight is 949 g/mol. The lowest BCUT2D eigenvalue weighted by molar-refractivity contribution is 0.660. The molecule has 13 aromatic rings. The van der Waals surface area contributed by atoms with Gasteiger partial charge in [-0.15, -0.1) is 0 Å². The molecule has 2 heterocycles. The van der Waals surface area contributed by atoms with Gasteiger partial charge >= 0.3 is 0 Å². The van der Waals surface area contributed by atoms with Crippen molar-refractivity contribution in [3.8, 4) is 22.3 Å². The molecule has 0 N–H and O–H groups in total. The van der Waals surface area contributed by atoms with Gasteiger partial charge in [0.25, 0.3) is 0 Å². The van der Waals surface area contributed by atoms with Crippen molar-refractivity contribution in [3.05, 3.63) is 288 Å². The van der Waals surface area contributed by atoms with E-state index in [1.165, 1.54) is 55.6 Å². The molecule has 0 aliphatic heterocycles. The molecule has 2 aromatic heterocycles. The normalized spacial score (nSPS) is 13.8. The molecule has 0 unspecified atom stereocenters. The average Bonchev–Trinajstić information content (AvgIpc) is 4.18. The molecule has 11 aromatic carbocycles. The first-order chi connectivity index (χ1) is 36.5. The highest BCUT2D eigenvalue weighted by Gasteiger charge is 2.46. The minimum absolute atomic E-state index is 0.198. The van der Waals surface area contributed by atoms with Crippen molar-refractivity contribution >= 4 is 78.0 Å². The number of rotatable bonds is 8. The Hall–Kier alpha value is -9.38. The van der Waals surface area contributed by atoms with Crippen molar-refractivity contribution in [3.63, 3.8) is 0 Å². The summed E-state index contributed by atoms with van der Waals surface area (Å²) in [5.41, 5.74) is 21.4. The second kappa shape index (κ2) is 16.1. The molecule has 2 aliphatic carbocycles. The lowest BCUT2D eigenvalue weighted by Crippen LogP contribution is -2.28. The number of benzene rings is 11. The third kappa shape index (κ3) is 6.03. The minimum Gasteiger partial charge on any atom is -0.456 e. The molecule has 4 nitrogen and oxygen atoms in total. The fourth-order valence-electron chi connectivity index (χ4n) is 12.9. The molecule has 2 aliphatic rings. The van der Waals surface area contributed by atoms with Gasteiger partial charge in [-0.05, 0) is 128 Å². The van der Waals surface area contributed by atoms with E-state index in [0.717, 1.165) is 78.0 Å². The number of nitrogens with zero attached hydrogens (tertiary/aromatic N) is 2. The van der Waals surface area contributed by atoms with Crippen LogP contribution in [0.2, 0.25) is 0 Å². The van der Waals surface area contributed by atoms with E-state index in [2.05, 4.69) is 266 Å². The van der Waals surface area contributed by atoms with Crippen molar-refractivity contribution in [1.29, 1.82) is 0 Å². The maximum absolute atomic E-state index is 6.93. The van der Waals surface area contributed by atoms with Gasteiger partial charge < -0.3 is 18.6 Å². The number of hydrogen-bond acceptors (Lipinski definition) is 4. The Kier molecular flexibility index (Phi) is 9.19. The molecular formula is C70H48N2O2. The van der Waals surface area contributed by atoms with Crippen molar-refractivity contribution in [2.24, 2.45) is 0 Å². The molecular weight excluding hydrogens is 901 g/mol. The van der Waals surface area contributed by atoms with Crippen molar-refractivity contribution in [2.75, 3.05) is 9.80 Å². The summed E-state index contributed by atoms with van der Waals surface area (Å²) in [6.45, 7) is 4.71. The van der Waals surface area contributed by atoms with E-state index < -0.39 is 5.41 Å². The van der Waals surface area contributed by atoms with Gasteiger partial charge in [-0.1, -0.05) is 196 Å². The monoisotopic (exact) mass is 948 g/mol. The Morgan fingerprint density at radius 3 is 1.57 bits per heavy atom. The molecule has 0 spiro atoms. The zero-order valence-corrected chi connectivity index (χ0v) is 41.0. The van der Waals surface area contributed by atoms with Crippen LogP contribution < -0.4 is 9.80 Å². The SMILES string of the molecule is CC1(C)c2ccccc2-c2ccc(N(c3cccc(N(c4ccc5c(c4)-c4ccccc4C5(c4ccccc4)c4ccccc4)c4cccc5c4oc4ccccc45)c3)c3cccc4oc5ccccc5c34)cc21. The molecule has 0 atom stereocenters. The van der Waals surface area contributed by atoms with Crippen molar-refractivity contribution in [2.45, 2.75) is 24.7 Å². The number of anilines is 6. The minimum atomic E-state index is -0.527. The topological polar surface area (TPSA) is 32.8 Å². The molecule has 0 saturated heterocycles. The van der Waals surface area contributed by atoms with Crippen LogP contribution in [-0.4, -0.2) is 0 Å². The van der Waals surface area contributed by atoms with E-state index in [4.69, 9.17) is 8.83 Å². The Balaban J connectivity index is 0.982. The fourth-order valence-corrected chi connectivity index (χ4v) is 12.9. The van der Waals surface area contributed by atoms with Gasteiger partial charge in [0.2, 0.25) is 0 Å². The number of furan rings is 2. The van der Waals surface area contributed by atoms with Gasteiger partial charge in [-0.25, -0.2) is 0 Å². The highest BCUT2D eigenvalue weighted by atomic mass is 16.3. The Bertz CT molecular complexity index is 4330. The van der Waals surface area contributed by atoms with E-state index in [0.29, 0.717) is 0 Å². The van der Waals surface area contributed by atoms with Gasteiger partial charge in [0.05, 0.1) is 22.2 Å². The van der Waals surface area contributed by atoms with Crippen LogP contribution in [0.25, 0.3) is 66.1 Å². The van der Waals surface area contributed by atoms with Gasteiger partial charge in [0.1, 0.15) is 16.7 Å². The van der Waals surface area contributed by atoms with E-state index in [1.807, 2.05) is 12.1 Å². The first-order valence-electron chi connectivity index (χ1n) is 25.6. The highest BCUT2D eigenvalue weighted by molar-refractivity contribution is 6.14. The molecule has 0 radical (unpaired) electrons. The van der Waals surface area contributed by atoms with E-state index in [-0.39, 0.29) is 5.41 Å². The Labute approximate surface area is 429 Å². The number of hydrogen-bond donors (Lipinski definition) is 0. The number of para-hydroxylation sites is 3. The summed E-state index contributed by atoms with van der Waals surface area (Å²) in [6.07, 6.45) is 0. The second-order valence-corrected chi connectivity index (χ2v) is 20.3. The third-order valence-electron chi connectivity index (χ3n) is 16.1. The van der Waals surface area contributed by atoms with E-state index in [9.17, 15) is 0 Å². The zero-order valence-electron chi connectivity index (χ0n) is 41.0. The number of fused-ring (bicyclic) bond motifs is 12. The van der Waals surface area contributed by atoms with Gasteiger partial charge in [0, 0.05) is 44.3 Å². The summed E-state index contributed by atoms with van der Waals surface area (Å²) in [5.74, 6) is 0. The maximum atomic E-state index is 6.93. The summed E-state index contributed by atoms with van der Waals surface area (Å²) >= 11 is 0. The predicted molar refractivity (Wildman–Crippen MR) is 305 cm³/mol. The zero-order chi connectivity index (χ0) is 49.1. The molecule has 0 saturated carbocycles. The van der Waals surface area contributed by atoms with Crippen LogP contribution in [0.5, 0.6) is 0 Å². The quantitative estimate of drug-likeness (QED) is 0.152. The summed E-state index contributed by atoms with van der Waals surface area (Å²) < 4.78 is 13.5. The predicted octanol–water partition coefficient (Wildman–Crippen LogP) is 19.1. The maximum Gasteiger partial charge on any atom is 0.159 e. The molecule has 74 heavy (non-hydrogen) atoms. The third-order valence-corrected chi connectivity index (χ3v) is 16.1. The second-order valence-electron chi connectivity index (χ2n) is 20.3.